The number of hydrogen-bond acceptors (Lipinski definition) is 1. The molecule has 0 bridgehead atoms. The van der Waals surface area contributed by atoms with Crippen molar-refractivity contribution in [1.82, 2.24) is 0 Å². The Morgan fingerprint density at radius 2 is 1.59 bits per heavy atom. The number of rotatable bonds is 7. The second-order valence-electron chi connectivity index (χ2n) is 10.1. The second-order valence-corrected chi connectivity index (χ2v) is 10.1. The topological polar surface area (TPSA) is 23.8 Å². The number of allylic oxidation sites excluding steroid dienone is 2. The Morgan fingerprint density at radius 1 is 0.889 bits per heavy atom. The maximum absolute atomic E-state index is 10.1. The van der Waals surface area contributed by atoms with E-state index in [0.29, 0.717) is 0 Å². The van der Waals surface area contributed by atoms with E-state index >= 15 is 0 Å². The van der Waals surface area contributed by atoms with Gasteiger partial charge in [0.05, 0.1) is 11.5 Å². The van der Waals surface area contributed by atoms with Crippen molar-refractivity contribution >= 4 is 0 Å². The molecule has 3 aliphatic carbocycles. The van der Waals surface area contributed by atoms with Crippen molar-refractivity contribution in [3.63, 3.8) is 0 Å². The molecule has 3 rings (SSSR count). The number of nitrogens with zero attached hydrogens (tertiary/aromatic N) is 1. The molecule has 0 aromatic carbocycles. The number of nitriles is 1. The van der Waals surface area contributed by atoms with Gasteiger partial charge in [0.25, 0.3) is 0 Å². The van der Waals surface area contributed by atoms with E-state index in [4.69, 9.17) is 0 Å². The molecule has 0 spiro atoms. The fraction of sp³-hybridized carbons (Fsp3) is 0.885. The molecule has 0 aliphatic heterocycles. The molecule has 1 atom stereocenters. The minimum atomic E-state index is -0.0916. The number of unbranched alkanes of at least 4 members (excludes halogenated alkanes) is 1. The Morgan fingerprint density at radius 3 is 2.15 bits per heavy atom. The predicted molar refractivity (Wildman–Crippen MR) is 115 cm³/mol. The van der Waals surface area contributed by atoms with Gasteiger partial charge in [-0.25, -0.2) is 0 Å². The molecule has 0 amide bonds. The van der Waals surface area contributed by atoms with E-state index in [1.807, 2.05) is 0 Å². The van der Waals surface area contributed by atoms with Gasteiger partial charge in [-0.3, -0.25) is 0 Å². The van der Waals surface area contributed by atoms with Crippen molar-refractivity contribution in [3.8, 4) is 6.07 Å². The SMILES string of the molecule is CCCCC1CC=C(C2(C#N)CCC(C3CCC(CCC)CC3)CC2)CC1. The van der Waals surface area contributed by atoms with Crippen LogP contribution in [0.1, 0.15) is 117 Å². The van der Waals surface area contributed by atoms with E-state index in [-0.39, 0.29) is 5.41 Å². The fourth-order valence-electron chi connectivity index (χ4n) is 6.54. The highest BCUT2D eigenvalue weighted by atomic mass is 14.5. The second kappa shape index (κ2) is 10.1. The minimum Gasteiger partial charge on any atom is -0.197 e. The molecule has 2 saturated carbocycles. The first-order chi connectivity index (χ1) is 13.2. The zero-order valence-corrected chi connectivity index (χ0v) is 18.1. The zero-order valence-electron chi connectivity index (χ0n) is 18.1. The summed E-state index contributed by atoms with van der Waals surface area (Å²) >= 11 is 0. The molecule has 0 saturated heterocycles. The normalized spacial score (nSPS) is 37.4. The molecule has 0 radical (unpaired) electrons. The standard InChI is InChI=1S/C26H43N/c1-3-5-7-22-10-14-25(15-11-22)26(20-27)18-16-24(17-19-26)23-12-8-21(6-4-2)9-13-23/h14,21-24H,3-13,15-19H2,1-2H3. The van der Waals surface area contributed by atoms with Gasteiger partial charge < -0.3 is 0 Å². The summed E-state index contributed by atoms with van der Waals surface area (Å²) in [6.45, 7) is 4.63. The summed E-state index contributed by atoms with van der Waals surface area (Å²) in [6, 6.07) is 2.82. The Kier molecular flexibility index (Phi) is 7.86. The monoisotopic (exact) mass is 369 g/mol. The third kappa shape index (κ3) is 5.19. The fourth-order valence-corrected chi connectivity index (χ4v) is 6.54. The molecule has 1 heteroatoms. The third-order valence-electron chi connectivity index (χ3n) is 8.45. The Balaban J connectivity index is 1.51. The molecule has 3 aliphatic rings. The summed E-state index contributed by atoms with van der Waals surface area (Å²) in [5.41, 5.74) is 1.44. The van der Waals surface area contributed by atoms with Crippen LogP contribution in [0.5, 0.6) is 0 Å². The molecule has 0 aromatic heterocycles. The van der Waals surface area contributed by atoms with Crippen LogP contribution in [0, 0.1) is 40.4 Å². The maximum Gasteiger partial charge on any atom is 0.0782 e. The van der Waals surface area contributed by atoms with Crippen LogP contribution >= 0.6 is 0 Å². The van der Waals surface area contributed by atoms with E-state index in [2.05, 4.69) is 26.0 Å². The van der Waals surface area contributed by atoms with Crippen LogP contribution < -0.4 is 0 Å². The quantitative estimate of drug-likeness (QED) is 0.415. The average Bonchev–Trinajstić information content (AvgIpc) is 2.73. The largest absolute Gasteiger partial charge is 0.197 e. The van der Waals surface area contributed by atoms with Crippen molar-refractivity contribution < 1.29 is 0 Å². The first-order valence-electron chi connectivity index (χ1n) is 12.3. The molecule has 0 N–H and O–H groups in total. The van der Waals surface area contributed by atoms with Crippen LogP contribution in [-0.2, 0) is 0 Å². The summed E-state index contributed by atoms with van der Waals surface area (Å²) in [5, 5.41) is 10.1. The Bertz CT molecular complexity index is 509. The van der Waals surface area contributed by atoms with Gasteiger partial charge in [0.2, 0.25) is 0 Å². The molecule has 0 heterocycles. The van der Waals surface area contributed by atoms with Gasteiger partial charge in [-0.05, 0) is 81.5 Å². The van der Waals surface area contributed by atoms with E-state index < -0.39 is 0 Å². The van der Waals surface area contributed by atoms with Crippen LogP contribution in [0.2, 0.25) is 0 Å². The van der Waals surface area contributed by atoms with Crippen LogP contribution in [0.15, 0.2) is 11.6 Å². The van der Waals surface area contributed by atoms with Crippen molar-refractivity contribution in [3.05, 3.63) is 11.6 Å². The minimum absolute atomic E-state index is 0.0916. The average molecular weight is 370 g/mol. The molecular weight excluding hydrogens is 326 g/mol. The van der Waals surface area contributed by atoms with E-state index in [9.17, 15) is 5.26 Å². The first-order valence-corrected chi connectivity index (χ1v) is 12.3. The summed E-state index contributed by atoms with van der Waals surface area (Å²) in [6.07, 6.45) is 24.0. The van der Waals surface area contributed by atoms with Crippen LogP contribution in [0.25, 0.3) is 0 Å². The number of hydrogen-bond donors (Lipinski definition) is 0. The lowest BCUT2D eigenvalue weighted by Crippen LogP contribution is -2.33. The lowest BCUT2D eigenvalue weighted by molar-refractivity contribution is 0.131. The van der Waals surface area contributed by atoms with Gasteiger partial charge in [-0.1, -0.05) is 70.4 Å². The van der Waals surface area contributed by atoms with Gasteiger partial charge >= 0.3 is 0 Å². The van der Waals surface area contributed by atoms with E-state index in [0.717, 1.165) is 36.5 Å². The summed E-state index contributed by atoms with van der Waals surface area (Å²) < 4.78 is 0. The molecule has 0 aromatic rings. The smallest absolute Gasteiger partial charge is 0.0782 e. The van der Waals surface area contributed by atoms with Crippen molar-refractivity contribution in [1.29, 1.82) is 5.26 Å². The van der Waals surface area contributed by atoms with E-state index in [1.165, 1.54) is 95.5 Å². The highest BCUT2D eigenvalue weighted by Gasteiger charge is 2.41. The molecule has 152 valence electrons. The molecule has 27 heavy (non-hydrogen) atoms. The van der Waals surface area contributed by atoms with Gasteiger partial charge in [-0.15, -0.1) is 0 Å². The summed E-state index contributed by atoms with van der Waals surface area (Å²) in [7, 11) is 0. The van der Waals surface area contributed by atoms with E-state index in [1.54, 1.807) is 0 Å². The van der Waals surface area contributed by atoms with Gasteiger partial charge in [0, 0.05) is 0 Å². The van der Waals surface area contributed by atoms with Crippen LogP contribution in [0.3, 0.4) is 0 Å². The highest BCUT2D eigenvalue weighted by Crippen LogP contribution is 2.51. The van der Waals surface area contributed by atoms with Crippen LogP contribution in [0.4, 0.5) is 0 Å². The first kappa shape index (κ1) is 21.0. The Hall–Kier alpha value is -0.770. The molecule has 1 nitrogen and oxygen atoms in total. The lowest BCUT2D eigenvalue weighted by Gasteiger charge is -2.42. The molecular formula is C26H43N. The molecule has 2 fully saturated rings. The van der Waals surface area contributed by atoms with Crippen molar-refractivity contribution in [2.75, 3.05) is 0 Å². The van der Waals surface area contributed by atoms with Gasteiger partial charge in [0.1, 0.15) is 0 Å². The zero-order chi connectivity index (χ0) is 19.1. The lowest BCUT2D eigenvalue weighted by atomic mass is 9.61. The maximum atomic E-state index is 10.1. The third-order valence-corrected chi connectivity index (χ3v) is 8.45. The highest BCUT2D eigenvalue weighted by molar-refractivity contribution is 5.26. The van der Waals surface area contributed by atoms with Gasteiger partial charge in [-0.2, -0.15) is 5.26 Å². The van der Waals surface area contributed by atoms with Crippen molar-refractivity contribution in [2.24, 2.45) is 29.1 Å². The summed E-state index contributed by atoms with van der Waals surface area (Å²) in [4.78, 5) is 0. The molecule has 1 unspecified atom stereocenters. The Labute approximate surface area is 169 Å². The van der Waals surface area contributed by atoms with Crippen LogP contribution in [-0.4, -0.2) is 0 Å². The van der Waals surface area contributed by atoms with Gasteiger partial charge in [0.15, 0.2) is 0 Å². The summed E-state index contributed by atoms with van der Waals surface area (Å²) in [5.74, 6) is 3.78. The van der Waals surface area contributed by atoms with Crippen molar-refractivity contribution in [2.45, 2.75) is 117 Å². The predicted octanol–water partition coefficient (Wildman–Crippen LogP) is 8.21.